The fourth-order valence-corrected chi connectivity index (χ4v) is 1.45. The Hall–Kier alpha value is -1.15. The Morgan fingerprint density at radius 3 is 2.92 bits per heavy atom. The average molecular weight is 193 g/mol. The molecule has 2 rings (SSSR count). The van der Waals surface area contributed by atoms with Crippen LogP contribution in [-0.2, 0) is 0 Å². The summed E-state index contributed by atoms with van der Waals surface area (Å²) in [5.41, 5.74) is 2.16. The van der Waals surface area contributed by atoms with E-state index in [9.17, 15) is 0 Å². The molecule has 0 saturated heterocycles. The first kappa shape index (κ1) is 8.45. The highest BCUT2D eigenvalue weighted by Gasteiger charge is 2.04. The highest BCUT2D eigenvalue weighted by atomic mass is 35.5. The first-order chi connectivity index (χ1) is 6.36. The van der Waals surface area contributed by atoms with Gasteiger partial charge in [0.1, 0.15) is 5.15 Å². The van der Waals surface area contributed by atoms with Gasteiger partial charge in [-0.05, 0) is 30.2 Å². The van der Waals surface area contributed by atoms with E-state index in [0.717, 1.165) is 18.7 Å². The van der Waals surface area contributed by atoms with Crippen molar-refractivity contribution in [3.05, 3.63) is 35.1 Å². The third kappa shape index (κ3) is 1.95. The molecule has 0 fully saturated rings. The molecule has 0 unspecified atom stereocenters. The normalized spacial score (nSPS) is 15.6. The van der Waals surface area contributed by atoms with Gasteiger partial charge < -0.3 is 0 Å². The van der Waals surface area contributed by atoms with E-state index in [1.54, 1.807) is 6.07 Å². The van der Waals surface area contributed by atoms with Crippen molar-refractivity contribution in [2.24, 2.45) is 4.99 Å². The standard InChI is InChI=1S/C10H9ClN2/c11-10-3-1-2-9(13-10)8-4-6-12-7-5-8/h1-4,6H,5,7H2. The van der Waals surface area contributed by atoms with Gasteiger partial charge in [0.25, 0.3) is 0 Å². The SMILES string of the molecule is Clc1cccc(C2=CC=NCC2)n1. The molecule has 0 aliphatic carbocycles. The minimum atomic E-state index is 0.543. The fraction of sp³-hybridized carbons (Fsp3) is 0.200. The molecule has 0 aromatic carbocycles. The van der Waals surface area contributed by atoms with Gasteiger partial charge in [0.05, 0.1) is 5.69 Å². The van der Waals surface area contributed by atoms with Crippen LogP contribution in [-0.4, -0.2) is 17.7 Å². The van der Waals surface area contributed by atoms with E-state index in [1.165, 1.54) is 5.57 Å². The van der Waals surface area contributed by atoms with E-state index in [2.05, 4.69) is 9.98 Å². The highest BCUT2D eigenvalue weighted by Crippen LogP contribution is 2.19. The Labute approximate surface area is 82.0 Å². The van der Waals surface area contributed by atoms with Crippen LogP contribution in [0.15, 0.2) is 29.3 Å². The average Bonchev–Trinajstić information content (AvgIpc) is 2.19. The van der Waals surface area contributed by atoms with Crippen LogP contribution in [0.4, 0.5) is 0 Å². The number of hydrogen-bond donors (Lipinski definition) is 0. The van der Waals surface area contributed by atoms with E-state index in [-0.39, 0.29) is 0 Å². The Morgan fingerprint density at radius 1 is 1.31 bits per heavy atom. The number of aromatic nitrogens is 1. The summed E-state index contributed by atoms with van der Waals surface area (Å²) in [4.78, 5) is 8.35. The molecule has 0 spiro atoms. The summed E-state index contributed by atoms with van der Waals surface area (Å²) >= 11 is 5.79. The number of halogens is 1. The number of allylic oxidation sites excluding steroid dienone is 1. The van der Waals surface area contributed by atoms with Crippen molar-refractivity contribution in [2.45, 2.75) is 6.42 Å². The monoisotopic (exact) mass is 192 g/mol. The smallest absolute Gasteiger partial charge is 0.129 e. The first-order valence-corrected chi connectivity index (χ1v) is 4.56. The number of nitrogens with zero attached hydrogens (tertiary/aromatic N) is 2. The molecule has 0 bridgehead atoms. The van der Waals surface area contributed by atoms with Crippen molar-refractivity contribution in [1.29, 1.82) is 0 Å². The van der Waals surface area contributed by atoms with Crippen molar-refractivity contribution in [3.8, 4) is 0 Å². The highest BCUT2D eigenvalue weighted by molar-refractivity contribution is 6.29. The predicted molar refractivity (Wildman–Crippen MR) is 55.2 cm³/mol. The Balaban J connectivity index is 2.34. The Bertz CT molecular complexity index is 369. The van der Waals surface area contributed by atoms with Crippen LogP contribution in [0.3, 0.4) is 0 Å². The summed E-state index contributed by atoms with van der Waals surface area (Å²) in [6.07, 6.45) is 4.76. The van der Waals surface area contributed by atoms with Gasteiger partial charge in [-0.1, -0.05) is 17.7 Å². The molecule has 2 nitrogen and oxygen atoms in total. The maximum Gasteiger partial charge on any atom is 0.129 e. The number of dihydropyridines is 1. The summed E-state index contributed by atoms with van der Waals surface area (Å²) in [6, 6.07) is 5.66. The Morgan fingerprint density at radius 2 is 2.23 bits per heavy atom. The summed E-state index contributed by atoms with van der Waals surface area (Å²) in [6.45, 7) is 0.847. The fourth-order valence-electron chi connectivity index (χ4n) is 1.29. The topological polar surface area (TPSA) is 25.2 Å². The molecule has 13 heavy (non-hydrogen) atoms. The van der Waals surface area contributed by atoms with E-state index in [4.69, 9.17) is 11.6 Å². The lowest BCUT2D eigenvalue weighted by Crippen LogP contribution is -1.96. The molecule has 0 amide bonds. The van der Waals surface area contributed by atoms with Gasteiger partial charge in [-0.25, -0.2) is 4.98 Å². The second-order valence-corrected chi connectivity index (χ2v) is 3.23. The molecule has 1 aromatic heterocycles. The summed E-state index contributed by atoms with van der Waals surface area (Å²) in [7, 11) is 0. The lowest BCUT2D eigenvalue weighted by Gasteiger charge is -2.07. The maximum atomic E-state index is 5.79. The van der Waals surface area contributed by atoms with Gasteiger partial charge in [0.2, 0.25) is 0 Å². The molecule has 3 heteroatoms. The molecule has 66 valence electrons. The molecule has 0 atom stereocenters. The number of pyridine rings is 1. The van der Waals surface area contributed by atoms with Gasteiger partial charge >= 0.3 is 0 Å². The lowest BCUT2D eigenvalue weighted by molar-refractivity contribution is 1.01. The van der Waals surface area contributed by atoms with Gasteiger partial charge in [-0.3, -0.25) is 4.99 Å². The number of hydrogen-bond acceptors (Lipinski definition) is 2. The van der Waals surface area contributed by atoms with Crippen molar-refractivity contribution in [2.75, 3.05) is 6.54 Å². The summed E-state index contributed by atoms with van der Waals surface area (Å²) < 4.78 is 0. The zero-order chi connectivity index (χ0) is 9.10. The van der Waals surface area contributed by atoms with Gasteiger partial charge in [-0.15, -0.1) is 0 Å². The first-order valence-electron chi connectivity index (χ1n) is 4.18. The largest absolute Gasteiger partial charge is 0.293 e. The maximum absolute atomic E-state index is 5.79. The van der Waals surface area contributed by atoms with Crippen LogP contribution in [0.1, 0.15) is 12.1 Å². The van der Waals surface area contributed by atoms with E-state index in [0.29, 0.717) is 5.15 Å². The van der Waals surface area contributed by atoms with Crippen LogP contribution < -0.4 is 0 Å². The summed E-state index contributed by atoms with van der Waals surface area (Å²) in [5, 5.41) is 0.543. The predicted octanol–water partition coefficient (Wildman–Crippen LogP) is 2.59. The molecule has 0 N–H and O–H groups in total. The molecule has 1 aliphatic rings. The number of aliphatic imine (C=N–C) groups is 1. The van der Waals surface area contributed by atoms with Gasteiger partial charge in [-0.2, -0.15) is 0 Å². The van der Waals surface area contributed by atoms with Crippen LogP contribution in [0.2, 0.25) is 5.15 Å². The van der Waals surface area contributed by atoms with Crippen molar-refractivity contribution >= 4 is 23.4 Å². The van der Waals surface area contributed by atoms with Crippen molar-refractivity contribution < 1.29 is 0 Å². The second-order valence-electron chi connectivity index (χ2n) is 2.84. The van der Waals surface area contributed by atoms with Gasteiger partial charge in [0.15, 0.2) is 0 Å². The van der Waals surface area contributed by atoms with Crippen molar-refractivity contribution in [3.63, 3.8) is 0 Å². The molecule has 0 saturated carbocycles. The summed E-state index contributed by atoms with van der Waals surface area (Å²) in [5.74, 6) is 0. The molecule has 1 aromatic rings. The van der Waals surface area contributed by atoms with Crippen LogP contribution in [0.5, 0.6) is 0 Å². The molecular weight excluding hydrogens is 184 g/mol. The number of rotatable bonds is 1. The molecule has 2 heterocycles. The van der Waals surface area contributed by atoms with E-state index < -0.39 is 0 Å². The Kier molecular flexibility index (Phi) is 2.41. The minimum Gasteiger partial charge on any atom is -0.293 e. The van der Waals surface area contributed by atoms with E-state index in [1.807, 2.05) is 24.4 Å². The van der Waals surface area contributed by atoms with E-state index >= 15 is 0 Å². The van der Waals surface area contributed by atoms with Gasteiger partial charge in [0, 0.05) is 12.8 Å². The zero-order valence-electron chi connectivity index (χ0n) is 7.07. The van der Waals surface area contributed by atoms with Crippen LogP contribution in [0.25, 0.3) is 5.57 Å². The zero-order valence-corrected chi connectivity index (χ0v) is 7.83. The van der Waals surface area contributed by atoms with Crippen molar-refractivity contribution in [1.82, 2.24) is 4.98 Å². The molecule has 0 radical (unpaired) electrons. The second kappa shape index (κ2) is 3.71. The molecule has 1 aliphatic heterocycles. The molecular formula is C10H9ClN2. The lowest BCUT2D eigenvalue weighted by atomic mass is 10.1. The third-order valence-electron chi connectivity index (χ3n) is 1.94. The third-order valence-corrected chi connectivity index (χ3v) is 2.15. The minimum absolute atomic E-state index is 0.543. The van der Waals surface area contributed by atoms with Crippen LogP contribution >= 0.6 is 11.6 Å². The quantitative estimate of drug-likeness (QED) is 0.628. The van der Waals surface area contributed by atoms with Crippen LogP contribution in [0, 0.1) is 0 Å².